The summed E-state index contributed by atoms with van der Waals surface area (Å²) in [6, 6.07) is 3.75. The van der Waals surface area contributed by atoms with Gasteiger partial charge < -0.3 is 9.47 Å². The van der Waals surface area contributed by atoms with E-state index >= 15 is 0 Å². The summed E-state index contributed by atoms with van der Waals surface area (Å²) in [5, 5.41) is 2.04. The first kappa shape index (κ1) is 24.6. The molecule has 0 aliphatic carbocycles. The standard InChI is InChI=1S/C15H18ClN3O2S.3ClH/c1-20-12-8-10-11(9-13(12)21-2)17-15(16)18-14(10)22-19-6-4-3-5-7-19;;;/h8-9H,3-7H2,1-2H3;3*1H. The first-order valence-electron chi connectivity index (χ1n) is 7.23. The van der Waals surface area contributed by atoms with Gasteiger partial charge in [0.1, 0.15) is 5.03 Å². The molecule has 3 rings (SSSR count). The van der Waals surface area contributed by atoms with Crippen LogP contribution in [0.4, 0.5) is 0 Å². The second-order valence-electron chi connectivity index (χ2n) is 5.10. The van der Waals surface area contributed by atoms with Gasteiger partial charge in [-0.15, -0.1) is 37.2 Å². The van der Waals surface area contributed by atoms with Crippen LogP contribution in [0.25, 0.3) is 10.9 Å². The van der Waals surface area contributed by atoms with Crippen molar-refractivity contribution in [3.8, 4) is 11.5 Å². The molecule has 0 spiro atoms. The Morgan fingerprint density at radius 2 is 1.56 bits per heavy atom. The number of fused-ring (bicyclic) bond motifs is 1. The highest BCUT2D eigenvalue weighted by atomic mass is 35.5. The predicted octanol–water partition coefficient (Wildman–Crippen LogP) is 5.06. The lowest BCUT2D eigenvalue weighted by Crippen LogP contribution is -2.23. The smallest absolute Gasteiger partial charge is 0.224 e. The van der Waals surface area contributed by atoms with E-state index in [1.54, 1.807) is 26.2 Å². The van der Waals surface area contributed by atoms with Crippen molar-refractivity contribution < 1.29 is 9.47 Å². The molecule has 1 aliphatic rings. The van der Waals surface area contributed by atoms with Gasteiger partial charge in [0.05, 0.1) is 19.7 Å². The molecule has 1 aliphatic heterocycles. The van der Waals surface area contributed by atoms with Crippen LogP contribution >= 0.6 is 60.8 Å². The molecule has 1 aromatic heterocycles. The van der Waals surface area contributed by atoms with E-state index in [1.165, 1.54) is 19.3 Å². The Labute approximate surface area is 175 Å². The van der Waals surface area contributed by atoms with E-state index in [9.17, 15) is 0 Å². The zero-order valence-corrected chi connectivity index (χ0v) is 17.9. The van der Waals surface area contributed by atoms with Gasteiger partial charge in [0.25, 0.3) is 0 Å². The Morgan fingerprint density at radius 3 is 2.16 bits per heavy atom. The average molecular weight is 449 g/mol. The molecule has 0 amide bonds. The van der Waals surface area contributed by atoms with Crippen LogP contribution < -0.4 is 9.47 Å². The molecule has 5 nitrogen and oxygen atoms in total. The van der Waals surface area contributed by atoms with Crippen LogP contribution in [-0.2, 0) is 0 Å². The topological polar surface area (TPSA) is 47.5 Å². The lowest BCUT2D eigenvalue weighted by Gasteiger charge is -2.25. The molecule has 1 saturated heterocycles. The molecular formula is C15H21Cl4N3O2S. The Balaban J connectivity index is 0.00000192. The van der Waals surface area contributed by atoms with Crippen molar-refractivity contribution in [1.29, 1.82) is 0 Å². The summed E-state index contributed by atoms with van der Waals surface area (Å²) in [6.45, 7) is 2.14. The molecule has 142 valence electrons. The molecule has 25 heavy (non-hydrogen) atoms. The van der Waals surface area contributed by atoms with Crippen molar-refractivity contribution in [3.63, 3.8) is 0 Å². The first-order chi connectivity index (χ1) is 10.7. The molecule has 1 aromatic carbocycles. The van der Waals surface area contributed by atoms with Crippen LogP contribution in [0.15, 0.2) is 17.2 Å². The highest BCUT2D eigenvalue weighted by Crippen LogP contribution is 2.37. The number of aromatic nitrogens is 2. The van der Waals surface area contributed by atoms with Gasteiger partial charge in [0.15, 0.2) is 11.5 Å². The fourth-order valence-corrected chi connectivity index (χ4v) is 3.85. The fraction of sp³-hybridized carbons (Fsp3) is 0.467. The summed E-state index contributed by atoms with van der Waals surface area (Å²) in [7, 11) is 3.23. The van der Waals surface area contributed by atoms with Crippen LogP contribution in [0, 0.1) is 0 Å². The lowest BCUT2D eigenvalue weighted by molar-refractivity contribution is 0.355. The van der Waals surface area contributed by atoms with Gasteiger partial charge in [-0.2, -0.15) is 0 Å². The second-order valence-corrected chi connectivity index (χ2v) is 6.53. The number of ether oxygens (including phenoxy) is 2. The van der Waals surface area contributed by atoms with Crippen molar-refractivity contribution in [3.05, 3.63) is 17.4 Å². The molecule has 2 aromatic rings. The number of hydrogen-bond donors (Lipinski definition) is 0. The molecule has 2 heterocycles. The molecule has 0 saturated carbocycles. The van der Waals surface area contributed by atoms with E-state index in [0.717, 1.165) is 29.0 Å². The van der Waals surface area contributed by atoms with E-state index in [1.807, 2.05) is 12.1 Å². The monoisotopic (exact) mass is 447 g/mol. The van der Waals surface area contributed by atoms with E-state index in [-0.39, 0.29) is 42.5 Å². The minimum atomic E-state index is 0. The summed E-state index contributed by atoms with van der Waals surface area (Å²) >= 11 is 7.73. The largest absolute Gasteiger partial charge is 0.493 e. The minimum absolute atomic E-state index is 0. The number of piperidine rings is 1. The van der Waals surface area contributed by atoms with E-state index in [4.69, 9.17) is 21.1 Å². The molecule has 0 atom stereocenters. The van der Waals surface area contributed by atoms with Crippen LogP contribution in [0.3, 0.4) is 0 Å². The summed E-state index contributed by atoms with van der Waals surface area (Å²) in [4.78, 5) is 8.71. The highest BCUT2D eigenvalue weighted by Gasteiger charge is 2.17. The van der Waals surface area contributed by atoms with Gasteiger partial charge in [-0.1, -0.05) is 6.42 Å². The average Bonchev–Trinajstić information content (AvgIpc) is 2.54. The van der Waals surface area contributed by atoms with Crippen molar-refractivity contribution in [2.75, 3.05) is 27.3 Å². The zero-order chi connectivity index (χ0) is 15.5. The molecule has 0 unspecified atom stereocenters. The van der Waals surface area contributed by atoms with Gasteiger partial charge >= 0.3 is 0 Å². The number of hydrogen-bond acceptors (Lipinski definition) is 6. The number of rotatable bonds is 4. The van der Waals surface area contributed by atoms with Gasteiger partial charge in [-0.05, 0) is 42.5 Å². The Hall–Kier alpha value is -0.370. The van der Waals surface area contributed by atoms with Gasteiger partial charge in [-0.25, -0.2) is 14.3 Å². The normalized spacial score (nSPS) is 14.0. The van der Waals surface area contributed by atoms with E-state index in [0.29, 0.717) is 11.5 Å². The van der Waals surface area contributed by atoms with Crippen molar-refractivity contribution in [1.82, 2.24) is 14.3 Å². The number of methoxy groups -OCH3 is 2. The van der Waals surface area contributed by atoms with Crippen LogP contribution in [0.2, 0.25) is 5.28 Å². The maximum Gasteiger partial charge on any atom is 0.224 e. The molecule has 10 heteroatoms. The summed E-state index contributed by atoms with van der Waals surface area (Å²) in [5.74, 6) is 1.31. The maximum atomic E-state index is 6.08. The highest BCUT2D eigenvalue weighted by molar-refractivity contribution is 7.97. The molecule has 0 radical (unpaired) electrons. The molecular weight excluding hydrogens is 428 g/mol. The number of benzene rings is 1. The predicted molar refractivity (Wildman–Crippen MR) is 111 cm³/mol. The SMILES string of the molecule is COc1cc2nc(Cl)nc(SN3CCCCC3)c2cc1OC.Cl.Cl.Cl. The number of halogens is 4. The Kier molecular flexibility index (Phi) is 11.2. The second kappa shape index (κ2) is 11.4. The third-order valence-corrected chi connectivity index (χ3v) is 4.95. The zero-order valence-electron chi connectivity index (χ0n) is 13.9. The third kappa shape index (κ3) is 5.81. The lowest BCUT2D eigenvalue weighted by atomic mass is 10.2. The third-order valence-electron chi connectivity index (χ3n) is 3.67. The van der Waals surface area contributed by atoms with E-state index < -0.39 is 0 Å². The van der Waals surface area contributed by atoms with Crippen molar-refractivity contribution in [2.45, 2.75) is 24.3 Å². The number of nitrogens with zero attached hydrogens (tertiary/aromatic N) is 3. The van der Waals surface area contributed by atoms with Crippen molar-refractivity contribution >= 4 is 71.7 Å². The van der Waals surface area contributed by atoms with Gasteiger partial charge in [0, 0.05) is 24.5 Å². The van der Waals surface area contributed by atoms with Crippen LogP contribution in [0.5, 0.6) is 11.5 Å². The van der Waals surface area contributed by atoms with Crippen molar-refractivity contribution in [2.24, 2.45) is 0 Å². The summed E-state index contributed by atoms with van der Waals surface area (Å²) in [6.07, 6.45) is 3.75. The van der Waals surface area contributed by atoms with Gasteiger partial charge in [-0.3, -0.25) is 0 Å². The summed E-state index contributed by atoms with van der Waals surface area (Å²) in [5.41, 5.74) is 0.761. The first-order valence-corrected chi connectivity index (χ1v) is 8.38. The van der Waals surface area contributed by atoms with Crippen LogP contribution in [0.1, 0.15) is 19.3 Å². The molecule has 0 N–H and O–H groups in total. The Morgan fingerprint density at radius 1 is 0.960 bits per heavy atom. The summed E-state index contributed by atoms with van der Waals surface area (Å²) < 4.78 is 13.0. The van der Waals surface area contributed by atoms with Crippen LogP contribution in [-0.4, -0.2) is 41.6 Å². The molecule has 1 fully saturated rings. The minimum Gasteiger partial charge on any atom is -0.493 e. The fourth-order valence-electron chi connectivity index (χ4n) is 2.55. The van der Waals surface area contributed by atoms with E-state index in [2.05, 4.69) is 14.3 Å². The molecule has 0 bridgehead atoms. The maximum absolute atomic E-state index is 6.08. The quantitative estimate of drug-likeness (QED) is 0.370. The van der Waals surface area contributed by atoms with Gasteiger partial charge in [0.2, 0.25) is 5.28 Å². The Bertz CT molecular complexity index is 687.